The van der Waals surface area contributed by atoms with Gasteiger partial charge in [0.2, 0.25) is 0 Å². The minimum absolute atomic E-state index is 0.667. The number of nitrogens with one attached hydrogen (secondary N) is 2. The van der Waals surface area contributed by atoms with Crippen molar-refractivity contribution < 1.29 is 4.74 Å². The Balaban J connectivity index is 1.82. The van der Waals surface area contributed by atoms with Gasteiger partial charge in [0.05, 0.1) is 12.1 Å². The lowest BCUT2D eigenvalue weighted by Gasteiger charge is -2.14. The number of nitrogens with zero attached hydrogens (tertiary/aromatic N) is 2. The fourth-order valence-electron chi connectivity index (χ4n) is 2.31. The largest absolute Gasteiger partial charge is 0.496 e. The first-order chi connectivity index (χ1) is 11.7. The van der Waals surface area contributed by atoms with Crippen LogP contribution in [0.2, 0.25) is 0 Å². The second kappa shape index (κ2) is 9.27. The van der Waals surface area contributed by atoms with Gasteiger partial charge >= 0.3 is 0 Å². The normalized spacial score (nSPS) is 11.4. The Hall–Kier alpha value is -2.08. The van der Waals surface area contributed by atoms with Gasteiger partial charge in [-0.25, -0.2) is 4.98 Å². The van der Waals surface area contributed by atoms with E-state index in [1.54, 1.807) is 25.5 Å². The predicted molar refractivity (Wildman–Crippen MR) is 101 cm³/mol. The molecule has 0 fully saturated rings. The van der Waals surface area contributed by atoms with E-state index in [2.05, 4.69) is 46.6 Å². The quantitative estimate of drug-likeness (QED) is 0.598. The standard InChI is InChI=1S/C18H26N4OS/c1-5-15-12-21-17(24-15)8-9-20-18(19-3)22-11-14-7-6-13(2)10-16(14)23-4/h6-7,10,12H,5,8-9,11H2,1-4H3,(H2,19,20,22). The van der Waals surface area contributed by atoms with Crippen LogP contribution < -0.4 is 15.4 Å². The van der Waals surface area contributed by atoms with Crippen LogP contribution in [0.5, 0.6) is 5.75 Å². The summed E-state index contributed by atoms with van der Waals surface area (Å²) in [4.78, 5) is 10.0. The number of rotatable bonds is 7. The average Bonchev–Trinajstić information content (AvgIpc) is 3.06. The van der Waals surface area contributed by atoms with E-state index < -0.39 is 0 Å². The van der Waals surface area contributed by atoms with Crippen molar-refractivity contribution in [1.82, 2.24) is 15.6 Å². The molecule has 2 rings (SSSR count). The molecule has 0 unspecified atom stereocenters. The summed E-state index contributed by atoms with van der Waals surface area (Å²) in [5.74, 6) is 1.68. The van der Waals surface area contributed by atoms with Crippen LogP contribution in [-0.4, -0.2) is 31.6 Å². The maximum Gasteiger partial charge on any atom is 0.191 e. The van der Waals surface area contributed by atoms with E-state index in [9.17, 15) is 0 Å². The van der Waals surface area contributed by atoms with Crippen LogP contribution in [0, 0.1) is 6.92 Å². The minimum Gasteiger partial charge on any atom is -0.496 e. The van der Waals surface area contributed by atoms with Gasteiger partial charge in [0, 0.05) is 43.2 Å². The lowest BCUT2D eigenvalue weighted by Crippen LogP contribution is -2.37. The SMILES string of the molecule is CCc1cnc(CCNC(=NC)NCc2ccc(C)cc2OC)s1. The van der Waals surface area contributed by atoms with Crippen molar-refractivity contribution in [1.29, 1.82) is 0 Å². The molecule has 0 amide bonds. The fourth-order valence-corrected chi connectivity index (χ4v) is 3.17. The highest BCUT2D eigenvalue weighted by atomic mass is 32.1. The fraction of sp³-hybridized carbons (Fsp3) is 0.444. The molecule has 0 saturated heterocycles. The third kappa shape index (κ3) is 5.23. The zero-order valence-electron chi connectivity index (χ0n) is 14.8. The molecule has 0 saturated carbocycles. The molecule has 1 heterocycles. The molecule has 0 spiro atoms. The molecule has 0 atom stereocenters. The maximum absolute atomic E-state index is 5.44. The molecule has 0 bridgehead atoms. The van der Waals surface area contributed by atoms with Gasteiger partial charge in [-0.3, -0.25) is 4.99 Å². The number of aryl methyl sites for hydroxylation is 2. The van der Waals surface area contributed by atoms with E-state index in [0.29, 0.717) is 6.54 Å². The van der Waals surface area contributed by atoms with Crippen LogP contribution in [0.1, 0.15) is 27.9 Å². The van der Waals surface area contributed by atoms with Crippen LogP contribution in [-0.2, 0) is 19.4 Å². The van der Waals surface area contributed by atoms with E-state index in [0.717, 1.165) is 41.7 Å². The zero-order chi connectivity index (χ0) is 17.4. The minimum atomic E-state index is 0.667. The van der Waals surface area contributed by atoms with Crippen molar-refractivity contribution in [3.05, 3.63) is 45.4 Å². The number of thiazole rings is 1. The molecule has 5 nitrogen and oxygen atoms in total. The zero-order valence-corrected chi connectivity index (χ0v) is 15.7. The lowest BCUT2D eigenvalue weighted by molar-refractivity contribution is 0.408. The lowest BCUT2D eigenvalue weighted by atomic mass is 10.1. The summed E-state index contributed by atoms with van der Waals surface area (Å²) in [6, 6.07) is 6.21. The number of guanidine groups is 1. The summed E-state index contributed by atoms with van der Waals surface area (Å²) in [6.45, 7) is 5.69. The molecule has 0 aliphatic rings. The molecule has 2 aromatic rings. The smallest absolute Gasteiger partial charge is 0.191 e. The third-order valence-corrected chi connectivity index (χ3v) is 4.90. The molecule has 130 valence electrons. The second-order valence-corrected chi connectivity index (χ2v) is 6.69. The summed E-state index contributed by atoms with van der Waals surface area (Å²) in [6.07, 6.45) is 3.92. The van der Waals surface area contributed by atoms with Crippen molar-refractivity contribution in [3.63, 3.8) is 0 Å². The van der Waals surface area contributed by atoms with E-state index in [4.69, 9.17) is 4.74 Å². The van der Waals surface area contributed by atoms with Crippen LogP contribution in [0.3, 0.4) is 0 Å². The van der Waals surface area contributed by atoms with Crippen LogP contribution >= 0.6 is 11.3 Å². The van der Waals surface area contributed by atoms with Crippen molar-refractivity contribution in [2.45, 2.75) is 33.2 Å². The first-order valence-electron chi connectivity index (χ1n) is 8.17. The molecule has 0 aliphatic heterocycles. The van der Waals surface area contributed by atoms with E-state index in [1.807, 2.05) is 12.3 Å². The monoisotopic (exact) mass is 346 g/mol. The van der Waals surface area contributed by atoms with Gasteiger partial charge in [0.1, 0.15) is 5.75 Å². The molecule has 2 N–H and O–H groups in total. The number of ether oxygens (including phenoxy) is 1. The number of aliphatic imine (C=N–C) groups is 1. The Morgan fingerprint density at radius 3 is 2.83 bits per heavy atom. The Morgan fingerprint density at radius 1 is 1.33 bits per heavy atom. The highest BCUT2D eigenvalue weighted by molar-refractivity contribution is 7.11. The first kappa shape index (κ1) is 18.3. The molecule has 6 heteroatoms. The average molecular weight is 347 g/mol. The molecule has 24 heavy (non-hydrogen) atoms. The predicted octanol–water partition coefficient (Wildman–Crippen LogP) is 2.93. The van der Waals surface area contributed by atoms with E-state index >= 15 is 0 Å². The number of benzene rings is 1. The summed E-state index contributed by atoms with van der Waals surface area (Å²) in [5.41, 5.74) is 2.30. The third-order valence-electron chi connectivity index (χ3n) is 3.69. The van der Waals surface area contributed by atoms with Crippen LogP contribution in [0.25, 0.3) is 0 Å². The Labute approximate surface area is 148 Å². The Kier molecular flexibility index (Phi) is 7.06. The van der Waals surface area contributed by atoms with Crippen LogP contribution in [0.4, 0.5) is 0 Å². The summed E-state index contributed by atoms with van der Waals surface area (Å²) in [5, 5.41) is 7.82. The van der Waals surface area contributed by atoms with Crippen molar-refractivity contribution in [2.24, 2.45) is 4.99 Å². The molecule has 0 aliphatic carbocycles. The highest BCUT2D eigenvalue weighted by Crippen LogP contribution is 2.19. The number of aromatic nitrogens is 1. The number of methoxy groups -OCH3 is 1. The summed E-state index contributed by atoms with van der Waals surface area (Å²) in [7, 11) is 3.48. The van der Waals surface area contributed by atoms with Crippen molar-refractivity contribution >= 4 is 17.3 Å². The topological polar surface area (TPSA) is 58.5 Å². The molecular formula is C18H26N4OS. The molecule has 0 radical (unpaired) electrons. The maximum atomic E-state index is 5.44. The van der Waals surface area contributed by atoms with Crippen LogP contribution in [0.15, 0.2) is 29.4 Å². The highest BCUT2D eigenvalue weighted by Gasteiger charge is 2.05. The van der Waals surface area contributed by atoms with Gasteiger partial charge in [0.15, 0.2) is 5.96 Å². The Morgan fingerprint density at radius 2 is 2.17 bits per heavy atom. The van der Waals surface area contributed by atoms with Gasteiger partial charge in [-0.15, -0.1) is 11.3 Å². The molecule has 1 aromatic carbocycles. The number of hydrogen-bond donors (Lipinski definition) is 2. The number of hydrogen-bond acceptors (Lipinski definition) is 4. The van der Waals surface area contributed by atoms with Gasteiger partial charge < -0.3 is 15.4 Å². The van der Waals surface area contributed by atoms with Gasteiger partial charge in [0.25, 0.3) is 0 Å². The molecule has 1 aromatic heterocycles. The van der Waals surface area contributed by atoms with Crippen molar-refractivity contribution in [2.75, 3.05) is 20.7 Å². The Bertz CT molecular complexity index is 681. The van der Waals surface area contributed by atoms with E-state index in [-0.39, 0.29) is 0 Å². The first-order valence-corrected chi connectivity index (χ1v) is 8.99. The van der Waals surface area contributed by atoms with E-state index in [1.165, 1.54) is 10.4 Å². The second-order valence-electron chi connectivity index (χ2n) is 5.49. The van der Waals surface area contributed by atoms with Gasteiger partial charge in [-0.2, -0.15) is 0 Å². The summed E-state index contributed by atoms with van der Waals surface area (Å²) < 4.78 is 5.44. The van der Waals surface area contributed by atoms with Crippen molar-refractivity contribution in [3.8, 4) is 5.75 Å². The molecular weight excluding hydrogens is 320 g/mol. The van der Waals surface area contributed by atoms with Gasteiger partial charge in [-0.1, -0.05) is 19.1 Å². The van der Waals surface area contributed by atoms with Gasteiger partial charge in [-0.05, 0) is 25.0 Å². The summed E-state index contributed by atoms with van der Waals surface area (Å²) >= 11 is 1.78.